The first kappa shape index (κ1) is 14.0. The highest BCUT2D eigenvalue weighted by Crippen LogP contribution is 2.17. The lowest BCUT2D eigenvalue weighted by molar-refractivity contribution is -0.126. The summed E-state index contributed by atoms with van der Waals surface area (Å²) in [6.45, 7) is 0.849. The summed E-state index contributed by atoms with van der Waals surface area (Å²) in [6.07, 6.45) is 0. The second-order valence-electron chi connectivity index (χ2n) is 4.69. The Morgan fingerprint density at radius 3 is 2.79 bits per heavy atom. The highest BCUT2D eigenvalue weighted by molar-refractivity contribution is 5.80. The van der Waals surface area contributed by atoms with E-state index in [1.54, 1.807) is 0 Å². The molecule has 1 amide bonds. The van der Waals surface area contributed by atoms with Gasteiger partial charge in [-0.25, -0.2) is 0 Å². The van der Waals surface area contributed by atoms with Gasteiger partial charge in [-0.2, -0.15) is 0 Å². The molecule has 1 aromatic rings. The second kappa shape index (κ2) is 6.65. The number of amides is 1. The molecule has 0 spiro atoms. The van der Waals surface area contributed by atoms with Gasteiger partial charge in [0, 0.05) is 6.04 Å². The highest BCUT2D eigenvalue weighted by atomic mass is 16.5. The van der Waals surface area contributed by atoms with Gasteiger partial charge in [-0.3, -0.25) is 4.79 Å². The van der Waals surface area contributed by atoms with E-state index in [-0.39, 0.29) is 30.5 Å². The average molecular weight is 264 g/mol. The minimum absolute atomic E-state index is 0.0371. The summed E-state index contributed by atoms with van der Waals surface area (Å²) >= 11 is 0. The Balaban J connectivity index is 2.00. The number of nitrogens with one attached hydrogen (secondary N) is 2. The number of carbonyl (C=O) groups is 1. The Bertz CT molecular complexity index is 410. The molecule has 0 aliphatic carbocycles. The van der Waals surface area contributed by atoms with Crippen molar-refractivity contribution in [2.45, 2.75) is 12.1 Å². The van der Waals surface area contributed by atoms with Crippen molar-refractivity contribution in [2.75, 3.05) is 26.9 Å². The van der Waals surface area contributed by atoms with Crippen molar-refractivity contribution < 1.29 is 14.6 Å². The van der Waals surface area contributed by atoms with Crippen molar-refractivity contribution >= 4 is 5.91 Å². The molecule has 3 atom stereocenters. The Morgan fingerprint density at radius 1 is 1.42 bits per heavy atom. The van der Waals surface area contributed by atoms with Gasteiger partial charge >= 0.3 is 0 Å². The van der Waals surface area contributed by atoms with Crippen LogP contribution in [0.25, 0.3) is 0 Å². The zero-order valence-electron chi connectivity index (χ0n) is 11.0. The largest absolute Gasteiger partial charge is 0.394 e. The van der Waals surface area contributed by atoms with E-state index in [1.165, 1.54) is 0 Å². The molecular formula is C14H20N2O3. The lowest BCUT2D eigenvalue weighted by Gasteiger charge is -2.21. The minimum atomic E-state index is -0.369. The van der Waals surface area contributed by atoms with Crippen LogP contribution in [0.5, 0.6) is 0 Å². The molecule has 2 unspecified atom stereocenters. The summed E-state index contributed by atoms with van der Waals surface area (Å²) in [5, 5.41) is 15.4. The first-order chi connectivity index (χ1) is 9.26. The predicted molar refractivity (Wildman–Crippen MR) is 71.6 cm³/mol. The fourth-order valence-electron chi connectivity index (χ4n) is 2.30. The molecule has 5 heteroatoms. The third-order valence-electron chi connectivity index (χ3n) is 3.49. The predicted octanol–water partition coefficient (Wildman–Crippen LogP) is 0.0706. The van der Waals surface area contributed by atoms with Gasteiger partial charge in [0.1, 0.15) is 0 Å². The highest BCUT2D eigenvalue weighted by Gasteiger charge is 2.33. The van der Waals surface area contributed by atoms with Gasteiger partial charge in [-0.05, 0) is 12.6 Å². The fourth-order valence-corrected chi connectivity index (χ4v) is 2.30. The molecule has 0 aromatic heterocycles. The van der Waals surface area contributed by atoms with Crippen molar-refractivity contribution in [1.82, 2.24) is 10.6 Å². The molecule has 1 saturated heterocycles. The monoisotopic (exact) mass is 264 g/mol. The van der Waals surface area contributed by atoms with Crippen LogP contribution in [0.1, 0.15) is 11.6 Å². The maximum atomic E-state index is 12.2. The summed E-state index contributed by atoms with van der Waals surface area (Å²) in [6, 6.07) is 9.13. The van der Waals surface area contributed by atoms with E-state index in [4.69, 9.17) is 4.74 Å². The molecule has 1 fully saturated rings. The summed E-state index contributed by atoms with van der Waals surface area (Å²) in [5.41, 5.74) is 0.901. The molecule has 1 aromatic carbocycles. The molecule has 0 radical (unpaired) electrons. The van der Waals surface area contributed by atoms with Crippen LogP contribution >= 0.6 is 0 Å². The van der Waals surface area contributed by atoms with Crippen LogP contribution in [-0.4, -0.2) is 43.9 Å². The van der Waals surface area contributed by atoms with E-state index < -0.39 is 0 Å². The topological polar surface area (TPSA) is 70.6 Å². The summed E-state index contributed by atoms with van der Waals surface area (Å²) in [5.74, 6) is -0.289. The van der Waals surface area contributed by atoms with Gasteiger partial charge in [0.2, 0.25) is 5.91 Å². The first-order valence-corrected chi connectivity index (χ1v) is 6.47. The number of likely N-dealkylation sites (N-methyl/N-ethyl adjacent to an activating group) is 1. The second-order valence-corrected chi connectivity index (χ2v) is 4.69. The summed E-state index contributed by atoms with van der Waals surface area (Å²) in [7, 11) is 1.82. The van der Waals surface area contributed by atoms with Crippen LogP contribution in [0.2, 0.25) is 0 Å². The number of carbonyl (C=O) groups excluding carboxylic acids is 1. The van der Waals surface area contributed by atoms with E-state index in [0.29, 0.717) is 13.2 Å². The van der Waals surface area contributed by atoms with Crippen LogP contribution in [0.3, 0.4) is 0 Å². The van der Waals surface area contributed by atoms with Crippen LogP contribution in [0, 0.1) is 5.92 Å². The van der Waals surface area contributed by atoms with Crippen molar-refractivity contribution in [3.8, 4) is 0 Å². The molecule has 1 aliphatic rings. The van der Waals surface area contributed by atoms with Gasteiger partial charge < -0.3 is 20.5 Å². The average Bonchev–Trinajstić information content (AvgIpc) is 2.94. The Morgan fingerprint density at radius 2 is 2.16 bits per heavy atom. The molecule has 0 saturated carbocycles. The zero-order valence-corrected chi connectivity index (χ0v) is 11.0. The number of ether oxygens (including phenoxy) is 1. The maximum absolute atomic E-state index is 12.2. The molecule has 104 valence electrons. The van der Waals surface area contributed by atoms with Gasteiger partial charge in [0.05, 0.1) is 31.8 Å². The van der Waals surface area contributed by atoms with Crippen molar-refractivity contribution in [3.05, 3.63) is 35.9 Å². The van der Waals surface area contributed by atoms with Gasteiger partial charge in [-0.1, -0.05) is 30.3 Å². The number of benzene rings is 1. The van der Waals surface area contributed by atoms with Gasteiger partial charge in [0.15, 0.2) is 0 Å². The first-order valence-electron chi connectivity index (χ1n) is 6.47. The molecule has 3 N–H and O–H groups in total. The van der Waals surface area contributed by atoms with Crippen molar-refractivity contribution in [3.63, 3.8) is 0 Å². The van der Waals surface area contributed by atoms with E-state index in [1.807, 2.05) is 37.4 Å². The number of aliphatic hydroxyl groups is 1. The van der Waals surface area contributed by atoms with Crippen molar-refractivity contribution in [2.24, 2.45) is 5.92 Å². The molecule has 5 nitrogen and oxygen atoms in total. The van der Waals surface area contributed by atoms with Crippen LogP contribution in [-0.2, 0) is 9.53 Å². The number of aliphatic hydroxyl groups excluding tert-OH is 1. The smallest absolute Gasteiger partial charge is 0.227 e. The zero-order chi connectivity index (χ0) is 13.7. The Labute approximate surface area is 113 Å². The normalized spacial score (nSPS) is 24.1. The Hall–Kier alpha value is -1.43. The van der Waals surface area contributed by atoms with E-state index in [2.05, 4.69) is 10.6 Å². The molecule has 2 rings (SSSR count). The molecule has 1 heterocycles. The number of hydrogen-bond donors (Lipinski definition) is 3. The SMILES string of the molecule is CNC1COCC1C(=O)N[C@H](CO)c1ccccc1. The third-order valence-corrected chi connectivity index (χ3v) is 3.49. The van der Waals surface area contributed by atoms with Gasteiger partial charge in [0.25, 0.3) is 0 Å². The summed E-state index contributed by atoms with van der Waals surface area (Å²) in [4.78, 5) is 12.2. The number of rotatable bonds is 5. The number of hydrogen-bond acceptors (Lipinski definition) is 4. The maximum Gasteiger partial charge on any atom is 0.227 e. The lowest BCUT2D eigenvalue weighted by Crippen LogP contribution is -2.44. The van der Waals surface area contributed by atoms with Crippen LogP contribution in [0.4, 0.5) is 0 Å². The quantitative estimate of drug-likeness (QED) is 0.704. The third kappa shape index (κ3) is 3.32. The van der Waals surface area contributed by atoms with Crippen LogP contribution in [0.15, 0.2) is 30.3 Å². The molecule has 0 bridgehead atoms. The molecule has 19 heavy (non-hydrogen) atoms. The Kier molecular flexibility index (Phi) is 4.90. The van der Waals surface area contributed by atoms with E-state index in [0.717, 1.165) is 5.56 Å². The van der Waals surface area contributed by atoms with E-state index >= 15 is 0 Å². The standard InChI is InChI=1S/C14H20N2O3/c1-15-13-9-19-8-11(13)14(18)16-12(7-17)10-5-3-2-4-6-10/h2-6,11-13,15,17H,7-9H2,1H3,(H,16,18)/t11?,12-,13?/m1/s1. The fraction of sp³-hybridized carbons (Fsp3) is 0.500. The minimum Gasteiger partial charge on any atom is -0.394 e. The van der Waals surface area contributed by atoms with E-state index in [9.17, 15) is 9.90 Å². The van der Waals surface area contributed by atoms with Gasteiger partial charge in [-0.15, -0.1) is 0 Å². The molecular weight excluding hydrogens is 244 g/mol. The lowest BCUT2D eigenvalue weighted by atomic mass is 10.0. The van der Waals surface area contributed by atoms with Crippen LogP contribution < -0.4 is 10.6 Å². The van der Waals surface area contributed by atoms with Crippen molar-refractivity contribution in [1.29, 1.82) is 0 Å². The summed E-state index contributed by atoms with van der Waals surface area (Å²) < 4.78 is 5.32. The molecule has 1 aliphatic heterocycles.